The Labute approximate surface area is 88.5 Å². The quantitative estimate of drug-likeness (QED) is 0.683. The number of ether oxygens (including phenoxy) is 3. The van der Waals surface area contributed by atoms with Crippen molar-refractivity contribution in [2.45, 2.75) is 12.2 Å². The Balaban J connectivity index is 3.08. The molecule has 0 aromatic heterocycles. The van der Waals surface area contributed by atoms with Crippen LogP contribution in [0.3, 0.4) is 0 Å². The van der Waals surface area contributed by atoms with E-state index in [4.69, 9.17) is 19.9 Å². The fourth-order valence-corrected chi connectivity index (χ4v) is 1.42. The minimum atomic E-state index is -0.968. The molecule has 15 heavy (non-hydrogen) atoms. The molecule has 5 heteroatoms. The normalized spacial score (nSPS) is 19.1. The third-order valence-electron chi connectivity index (χ3n) is 2.35. The molecule has 1 rings (SSSR count). The zero-order valence-corrected chi connectivity index (χ0v) is 9.07. The number of methoxy groups -OCH3 is 3. The van der Waals surface area contributed by atoms with Crippen LogP contribution in [0.4, 0.5) is 0 Å². The zero-order valence-electron chi connectivity index (χ0n) is 9.07. The second kappa shape index (κ2) is 4.46. The molecule has 0 aliphatic heterocycles. The number of rotatable bonds is 4. The molecule has 0 heterocycles. The van der Waals surface area contributed by atoms with Crippen LogP contribution in [-0.2, 0) is 19.0 Å². The maximum atomic E-state index is 11.1. The molecule has 0 fully saturated rings. The van der Waals surface area contributed by atoms with Crippen molar-refractivity contribution in [3.05, 3.63) is 23.5 Å². The Morgan fingerprint density at radius 1 is 1.40 bits per heavy atom. The molecule has 1 aliphatic carbocycles. The van der Waals surface area contributed by atoms with Crippen molar-refractivity contribution < 1.29 is 19.0 Å². The maximum Gasteiger partial charge on any atom is 0.248 e. The molecular formula is C10H15NO4. The van der Waals surface area contributed by atoms with Gasteiger partial charge in [0.25, 0.3) is 0 Å². The first-order chi connectivity index (χ1) is 7.06. The Kier molecular flexibility index (Phi) is 3.49. The molecule has 0 saturated carbocycles. The molecule has 84 valence electrons. The summed E-state index contributed by atoms with van der Waals surface area (Å²) in [5.41, 5.74) is 5.52. The van der Waals surface area contributed by atoms with Crippen molar-refractivity contribution in [1.82, 2.24) is 0 Å². The third-order valence-corrected chi connectivity index (χ3v) is 2.35. The predicted octanol–water partition coefficient (Wildman–Crippen LogP) is 0.321. The van der Waals surface area contributed by atoms with Crippen LogP contribution in [0, 0.1) is 0 Å². The van der Waals surface area contributed by atoms with Crippen LogP contribution in [0.25, 0.3) is 0 Å². The lowest BCUT2D eigenvalue weighted by atomic mass is 9.99. The molecule has 0 spiro atoms. The van der Waals surface area contributed by atoms with Crippen molar-refractivity contribution in [2.75, 3.05) is 21.3 Å². The highest BCUT2D eigenvalue weighted by atomic mass is 16.7. The molecule has 0 saturated heterocycles. The van der Waals surface area contributed by atoms with Crippen molar-refractivity contribution in [3.63, 3.8) is 0 Å². The van der Waals surface area contributed by atoms with Gasteiger partial charge in [-0.25, -0.2) is 0 Å². The summed E-state index contributed by atoms with van der Waals surface area (Å²) in [5.74, 6) is -0.914. The van der Waals surface area contributed by atoms with E-state index in [2.05, 4.69) is 0 Å². The SMILES string of the molecule is COC1=CC(C(N)=O)=CC(OC)(OC)C1. The summed E-state index contributed by atoms with van der Waals surface area (Å²) in [6, 6.07) is 0. The number of nitrogens with two attached hydrogens (primary N) is 1. The average Bonchev–Trinajstić information content (AvgIpc) is 2.28. The van der Waals surface area contributed by atoms with E-state index in [-0.39, 0.29) is 0 Å². The van der Waals surface area contributed by atoms with Crippen molar-refractivity contribution >= 4 is 5.91 Å². The van der Waals surface area contributed by atoms with Crippen LogP contribution in [0.1, 0.15) is 6.42 Å². The highest BCUT2D eigenvalue weighted by Gasteiger charge is 2.33. The minimum absolute atomic E-state index is 0.321. The lowest BCUT2D eigenvalue weighted by Gasteiger charge is -2.31. The lowest BCUT2D eigenvalue weighted by molar-refractivity contribution is -0.174. The van der Waals surface area contributed by atoms with Crippen molar-refractivity contribution in [3.8, 4) is 0 Å². The molecular weight excluding hydrogens is 198 g/mol. The number of carbonyl (C=O) groups is 1. The van der Waals surface area contributed by atoms with Crippen molar-refractivity contribution in [2.24, 2.45) is 5.73 Å². The number of hydrogen-bond donors (Lipinski definition) is 1. The molecule has 0 unspecified atom stereocenters. The number of primary amides is 1. The van der Waals surface area contributed by atoms with Gasteiger partial charge in [-0.15, -0.1) is 0 Å². The van der Waals surface area contributed by atoms with E-state index in [1.165, 1.54) is 21.3 Å². The summed E-state index contributed by atoms with van der Waals surface area (Å²) >= 11 is 0. The molecule has 0 radical (unpaired) electrons. The van der Waals surface area contributed by atoms with E-state index in [1.54, 1.807) is 12.2 Å². The summed E-state index contributed by atoms with van der Waals surface area (Å²) in [4.78, 5) is 11.1. The van der Waals surface area contributed by atoms with Gasteiger partial charge in [-0.3, -0.25) is 4.79 Å². The lowest BCUT2D eigenvalue weighted by Crippen LogP contribution is -2.36. The first-order valence-electron chi connectivity index (χ1n) is 4.44. The molecule has 1 aliphatic rings. The summed E-state index contributed by atoms with van der Waals surface area (Å²) in [5, 5.41) is 0. The fourth-order valence-electron chi connectivity index (χ4n) is 1.42. The van der Waals surface area contributed by atoms with Crippen LogP contribution in [-0.4, -0.2) is 33.0 Å². The Bertz CT molecular complexity index is 315. The second-order valence-corrected chi connectivity index (χ2v) is 3.18. The molecule has 0 aromatic rings. The van der Waals surface area contributed by atoms with Gasteiger partial charge < -0.3 is 19.9 Å². The van der Waals surface area contributed by atoms with Crippen LogP contribution < -0.4 is 5.73 Å². The number of hydrogen-bond acceptors (Lipinski definition) is 4. The predicted molar refractivity (Wildman–Crippen MR) is 53.7 cm³/mol. The summed E-state index contributed by atoms with van der Waals surface area (Å²) in [6.45, 7) is 0. The van der Waals surface area contributed by atoms with Gasteiger partial charge in [0.15, 0.2) is 5.79 Å². The topological polar surface area (TPSA) is 70.8 Å². The molecule has 0 bridgehead atoms. The van der Waals surface area contributed by atoms with E-state index < -0.39 is 11.7 Å². The Morgan fingerprint density at radius 3 is 2.40 bits per heavy atom. The van der Waals surface area contributed by atoms with Gasteiger partial charge in [0.1, 0.15) is 5.76 Å². The summed E-state index contributed by atoms with van der Waals surface area (Å²) in [6.07, 6.45) is 3.55. The molecule has 2 N–H and O–H groups in total. The van der Waals surface area contributed by atoms with Crippen molar-refractivity contribution in [1.29, 1.82) is 0 Å². The first-order valence-corrected chi connectivity index (χ1v) is 4.44. The van der Waals surface area contributed by atoms with E-state index in [0.29, 0.717) is 17.8 Å². The zero-order chi connectivity index (χ0) is 11.5. The van der Waals surface area contributed by atoms with Crippen LogP contribution >= 0.6 is 0 Å². The standard InChI is InChI=1S/C10H15NO4/c1-13-8-4-7(9(11)12)5-10(6-8,14-2)15-3/h4-5H,6H2,1-3H3,(H2,11,12). The smallest absolute Gasteiger partial charge is 0.248 e. The van der Waals surface area contributed by atoms with Gasteiger partial charge >= 0.3 is 0 Å². The molecule has 0 atom stereocenters. The third kappa shape index (κ3) is 2.37. The van der Waals surface area contributed by atoms with E-state index in [1.807, 2.05) is 0 Å². The van der Waals surface area contributed by atoms with Gasteiger partial charge in [-0.1, -0.05) is 0 Å². The fraction of sp³-hybridized carbons (Fsp3) is 0.500. The highest BCUT2D eigenvalue weighted by Crippen LogP contribution is 2.30. The number of amides is 1. The average molecular weight is 213 g/mol. The number of carbonyl (C=O) groups excluding carboxylic acids is 1. The minimum Gasteiger partial charge on any atom is -0.501 e. The van der Waals surface area contributed by atoms with Gasteiger partial charge in [0.2, 0.25) is 5.91 Å². The van der Waals surface area contributed by atoms with Crippen LogP contribution in [0.5, 0.6) is 0 Å². The largest absolute Gasteiger partial charge is 0.501 e. The van der Waals surface area contributed by atoms with Gasteiger partial charge in [0, 0.05) is 19.8 Å². The van der Waals surface area contributed by atoms with E-state index in [9.17, 15) is 4.79 Å². The Morgan fingerprint density at radius 2 is 2.00 bits per heavy atom. The van der Waals surface area contributed by atoms with Gasteiger partial charge in [-0.05, 0) is 12.2 Å². The first kappa shape index (κ1) is 11.7. The van der Waals surface area contributed by atoms with E-state index in [0.717, 1.165) is 0 Å². The highest BCUT2D eigenvalue weighted by molar-refractivity contribution is 5.95. The molecule has 5 nitrogen and oxygen atoms in total. The van der Waals surface area contributed by atoms with Crippen LogP contribution in [0.15, 0.2) is 23.5 Å². The second-order valence-electron chi connectivity index (χ2n) is 3.18. The molecule has 1 amide bonds. The van der Waals surface area contributed by atoms with Gasteiger partial charge in [-0.2, -0.15) is 0 Å². The van der Waals surface area contributed by atoms with Crippen LogP contribution in [0.2, 0.25) is 0 Å². The Hall–Kier alpha value is -1.33. The van der Waals surface area contributed by atoms with Gasteiger partial charge in [0.05, 0.1) is 13.5 Å². The van der Waals surface area contributed by atoms with E-state index >= 15 is 0 Å². The summed E-state index contributed by atoms with van der Waals surface area (Å²) in [7, 11) is 4.51. The molecule has 0 aromatic carbocycles. The summed E-state index contributed by atoms with van der Waals surface area (Å²) < 4.78 is 15.5. The maximum absolute atomic E-state index is 11.1. The monoisotopic (exact) mass is 213 g/mol.